The van der Waals surface area contributed by atoms with Crippen molar-refractivity contribution in [3.8, 4) is 0 Å². The number of benzene rings is 6. The van der Waals surface area contributed by atoms with Crippen LogP contribution in [0.4, 0.5) is 28.4 Å². The average Bonchev–Trinajstić information content (AvgIpc) is 3.01. The van der Waals surface area contributed by atoms with E-state index in [1.165, 1.54) is 5.39 Å². The predicted molar refractivity (Wildman–Crippen MR) is 177 cm³/mol. The van der Waals surface area contributed by atoms with Crippen LogP contribution < -0.4 is 20.2 Å². The normalized spacial score (nSPS) is 11.6. The molecule has 198 valence electrons. The summed E-state index contributed by atoms with van der Waals surface area (Å²) in [6, 6.07) is 49.9. The fourth-order valence-electron chi connectivity index (χ4n) is 5.32. The number of hydrogen-bond acceptors (Lipinski definition) is 2. The fraction of sp³-hybridized carbons (Fsp3) is 0. The van der Waals surface area contributed by atoms with Crippen molar-refractivity contribution < 1.29 is 0 Å². The lowest BCUT2D eigenvalue weighted by Crippen LogP contribution is -2.31. The van der Waals surface area contributed by atoms with Crippen molar-refractivity contribution in [2.24, 2.45) is 0 Å². The first-order valence-corrected chi connectivity index (χ1v) is 13.9. The van der Waals surface area contributed by atoms with Gasteiger partial charge in [-0.1, -0.05) is 122 Å². The average molecular weight is 549 g/mol. The third-order valence-corrected chi connectivity index (χ3v) is 7.37. The van der Waals surface area contributed by atoms with Crippen molar-refractivity contribution in [3.05, 3.63) is 174 Å². The van der Waals surface area contributed by atoms with Crippen molar-refractivity contribution in [2.45, 2.75) is 0 Å². The number of nitrogens with zero attached hydrogens (tertiary/aromatic N) is 2. The lowest BCUT2D eigenvalue weighted by atomic mass is 10.1. The molecule has 0 heterocycles. The number of fused-ring (bicyclic) bond motifs is 1. The summed E-state index contributed by atoms with van der Waals surface area (Å²) in [6.07, 6.45) is 1.89. The van der Waals surface area contributed by atoms with E-state index in [4.69, 9.17) is 11.6 Å². The van der Waals surface area contributed by atoms with Crippen LogP contribution in [0.5, 0.6) is 0 Å². The third kappa shape index (κ3) is 5.26. The topological polar surface area (TPSA) is 6.48 Å². The van der Waals surface area contributed by atoms with Crippen LogP contribution in [-0.4, -0.2) is 0 Å². The third-order valence-electron chi connectivity index (χ3n) is 7.15. The maximum absolute atomic E-state index is 6.94. The Labute approximate surface area is 246 Å². The summed E-state index contributed by atoms with van der Waals surface area (Å²) in [4.78, 5) is 4.46. The molecule has 41 heavy (non-hydrogen) atoms. The summed E-state index contributed by atoms with van der Waals surface area (Å²) in [5.41, 5.74) is 5.89. The molecule has 0 bridgehead atoms. The van der Waals surface area contributed by atoms with E-state index in [-0.39, 0.29) is 0 Å². The number of hydrogen-bond donors (Lipinski definition) is 0. The summed E-state index contributed by atoms with van der Waals surface area (Å²) in [5.74, 6) is 0. The molecule has 0 radical (unpaired) electrons. The molecule has 0 aliphatic rings. The molecule has 0 fully saturated rings. The van der Waals surface area contributed by atoms with E-state index >= 15 is 0 Å². The Kier molecular flexibility index (Phi) is 7.40. The van der Waals surface area contributed by atoms with Gasteiger partial charge in [-0.05, 0) is 65.2 Å². The van der Waals surface area contributed by atoms with Crippen LogP contribution >= 0.6 is 11.6 Å². The van der Waals surface area contributed by atoms with Crippen LogP contribution in [-0.2, 0) is 0 Å². The van der Waals surface area contributed by atoms with Gasteiger partial charge in [0.1, 0.15) is 0 Å². The molecular weight excluding hydrogens is 520 g/mol. The molecule has 6 rings (SSSR count). The number of para-hydroxylation sites is 2. The summed E-state index contributed by atoms with van der Waals surface area (Å²) >= 11 is 6.94. The Morgan fingerprint density at radius 3 is 1.93 bits per heavy atom. The highest BCUT2D eigenvalue weighted by molar-refractivity contribution is 6.31. The second kappa shape index (κ2) is 11.6. The second-order valence-corrected chi connectivity index (χ2v) is 10.2. The zero-order chi connectivity index (χ0) is 28.2. The molecule has 0 saturated carbocycles. The minimum Gasteiger partial charge on any atom is -0.310 e. The Balaban J connectivity index is 1.63. The molecular formula is C38H29ClN2. The van der Waals surface area contributed by atoms with Crippen molar-refractivity contribution in [1.82, 2.24) is 0 Å². The van der Waals surface area contributed by atoms with Gasteiger partial charge in [0.25, 0.3) is 0 Å². The fourth-order valence-corrected chi connectivity index (χ4v) is 5.54. The molecule has 0 N–H and O–H groups in total. The molecule has 6 aromatic rings. The van der Waals surface area contributed by atoms with Gasteiger partial charge in [0.2, 0.25) is 0 Å². The monoisotopic (exact) mass is 548 g/mol. The Bertz CT molecular complexity index is 1940. The highest BCUT2D eigenvalue weighted by atomic mass is 35.5. The van der Waals surface area contributed by atoms with Gasteiger partial charge in [-0.15, -0.1) is 0 Å². The lowest BCUT2D eigenvalue weighted by Gasteiger charge is -2.30. The molecule has 0 unspecified atom stereocenters. The Morgan fingerprint density at radius 1 is 0.585 bits per heavy atom. The van der Waals surface area contributed by atoms with Crippen LogP contribution in [0.2, 0.25) is 5.02 Å². The Morgan fingerprint density at radius 2 is 1.20 bits per heavy atom. The maximum atomic E-state index is 6.94. The summed E-state index contributed by atoms with van der Waals surface area (Å²) in [7, 11) is 0. The number of rotatable bonds is 7. The van der Waals surface area contributed by atoms with E-state index in [1.807, 2.05) is 60.7 Å². The van der Waals surface area contributed by atoms with Gasteiger partial charge >= 0.3 is 0 Å². The molecule has 0 aromatic heterocycles. The van der Waals surface area contributed by atoms with E-state index in [0.29, 0.717) is 5.02 Å². The largest absolute Gasteiger partial charge is 0.310 e. The zero-order valence-electron chi connectivity index (χ0n) is 22.6. The first-order valence-electron chi connectivity index (χ1n) is 13.5. The minimum atomic E-state index is 0.630. The summed E-state index contributed by atoms with van der Waals surface area (Å²) in [5, 5.41) is 4.89. The quantitative estimate of drug-likeness (QED) is 0.196. The Hall–Kier alpha value is -5.05. The zero-order valence-corrected chi connectivity index (χ0v) is 23.4. The molecule has 3 heteroatoms. The van der Waals surface area contributed by atoms with Gasteiger partial charge in [-0.25, -0.2) is 0 Å². The van der Waals surface area contributed by atoms with Crippen LogP contribution in [0.25, 0.3) is 23.0 Å². The van der Waals surface area contributed by atoms with Crippen LogP contribution in [0.1, 0.15) is 0 Å². The van der Waals surface area contributed by atoms with Crippen molar-refractivity contribution >= 4 is 63.1 Å². The van der Waals surface area contributed by atoms with Crippen LogP contribution in [0.15, 0.2) is 158 Å². The van der Waals surface area contributed by atoms with Gasteiger partial charge in [0, 0.05) is 38.4 Å². The van der Waals surface area contributed by atoms with E-state index < -0.39 is 0 Å². The molecule has 0 amide bonds. The van der Waals surface area contributed by atoms with E-state index in [0.717, 1.165) is 50.0 Å². The van der Waals surface area contributed by atoms with E-state index in [2.05, 4.69) is 114 Å². The second-order valence-electron chi connectivity index (χ2n) is 9.75. The van der Waals surface area contributed by atoms with Gasteiger partial charge in [-0.2, -0.15) is 0 Å². The van der Waals surface area contributed by atoms with Gasteiger partial charge < -0.3 is 9.80 Å². The molecule has 0 spiro atoms. The lowest BCUT2D eigenvalue weighted by molar-refractivity contribution is 1.26. The minimum absolute atomic E-state index is 0.630. The number of anilines is 5. The van der Waals surface area contributed by atoms with Gasteiger partial charge in [0.05, 0.1) is 11.4 Å². The van der Waals surface area contributed by atoms with Crippen LogP contribution in [0, 0.1) is 0 Å². The maximum Gasteiger partial charge on any atom is 0.0540 e. The highest BCUT2D eigenvalue weighted by Crippen LogP contribution is 2.42. The summed E-state index contributed by atoms with van der Waals surface area (Å²) in [6.45, 7) is 8.51. The first kappa shape index (κ1) is 26.2. The first-order chi connectivity index (χ1) is 20.1. The van der Waals surface area contributed by atoms with Crippen molar-refractivity contribution in [1.29, 1.82) is 0 Å². The predicted octanol–water partition coefficient (Wildman–Crippen LogP) is 9.51. The smallest absolute Gasteiger partial charge is 0.0540 e. The molecule has 2 nitrogen and oxygen atoms in total. The molecule has 0 saturated heterocycles. The standard InChI is InChI=1S/C38H29ClN2/c1-3-37(35-22-12-10-15-28(35)2)40(31-18-6-4-7-19-31)33-25-30(39)26-34(27-33)41(32-20-8-5-9-21-32)38-24-14-17-29-16-11-13-23-36(29)38/h3-27H,1-2H2/b37-35+. The van der Waals surface area contributed by atoms with Gasteiger partial charge in [0.15, 0.2) is 0 Å². The molecule has 0 aliphatic heterocycles. The van der Waals surface area contributed by atoms with E-state index in [9.17, 15) is 0 Å². The molecule has 0 aliphatic carbocycles. The molecule has 0 atom stereocenters. The van der Waals surface area contributed by atoms with Gasteiger partial charge in [-0.3, -0.25) is 0 Å². The number of halogens is 1. The molecule has 6 aromatic carbocycles. The van der Waals surface area contributed by atoms with E-state index in [1.54, 1.807) is 0 Å². The highest BCUT2D eigenvalue weighted by Gasteiger charge is 2.20. The van der Waals surface area contributed by atoms with Crippen LogP contribution in [0.3, 0.4) is 0 Å². The van der Waals surface area contributed by atoms with Crippen molar-refractivity contribution in [2.75, 3.05) is 9.80 Å². The van der Waals surface area contributed by atoms with Crippen molar-refractivity contribution in [3.63, 3.8) is 0 Å². The SMILES string of the molecule is C=C/C(=c1/ccccc1=C)N(c1ccccc1)c1cc(Cl)cc(N(c2ccccc2)c2cccc3ccccc23)c1. The summed E-state index contributed by atoms with van der Waals surface area (Å²) < 4.78 is 0.